The Kier molecular flexibility index (Phi) is 5.05. The monoisotopic (exact) mass is 265 g/mol. The Hall–Kier alpha value is -2.37. The van der Waals surface area contributed by atoms with Gasteiger partial charge in [-0.1, -0.05) is 6.92 Å². The van der Waals surface area contributed by atoms with Crippen molar-refractivity contribution in [3.8, 4) is 5.75 Å². The maximum absolute atomic E-state index is 10.8. The fourth-order valence-electron chi connectivity index (χ4n) is 1.52. The number of carboxylic acid groups (broad SMARTS) is 1. The Morgan fingerprint density at radius 1 is 1.53 bits per heavy atom. The summed E-state index contributed by atoms with van der Waals surface area (Å²) in [6, 6.07) is 4.27. The predicted octanol–water partition coefficient (Wildman–Crippen LogP) is 2.70. The molecule has 0 bridgehead atoms. The van der Waals surface area contributed by atoms with Crippen LogP contribution in [0.3, 0.4) is 0 Å². The normalized spacial score (nSPS) is 11.2. The molecule has 102 valence electrons. The highest BCUT2D eigenvalue weighted by molar-refractivity contribution is 5.86. The maximum Gasteiger partial charge on any atom is 0.331 e. The Labute approximate surface area is 110 Å². The van der Waals surface area contributed by atoms with Crippen LogP contribution in [0.25, 0.3) is 0 Å². The fraction of sp³-hybridized carbons (Fsp3) is 0.308. The van der Waals surface area contributed by atoms with Crippen molar-refractivity contribution in [2.75, 3.05) is 6.61 Å². The van der Waals surface area contributed by atoms with Crippen LogP contribution < -0.4 is 4.74 Å². The highest BCUT2D eigenvalue weighted by Crippen LogP contribution is 2.23. The van der Waals surface area contributed by atoms with Gasteiger partial charge < -0.3 is 9.84 Å². The minimum Gasteiger partial charge on any atom is -0.489 e. The van der Waals surface area contributed by atoms with Gasteiger partial charge in [0, 0.05) is 17.7 Å². The molecule has 0 saturated carbocycles. The van der Waals surface area contributed by atoms with E-state index >= 15 is 0 Å². The first kappa shape index (κ1) is 14.7. The first-order chi connectivity index (χ1) is 8.95. The lowest BCUT2D eigenvalue weighted by Gasteiger charge is -2.07. The van der Waals surface area contributed by atoms with E-state index in [2.05, 4.69) is 0 Å². The first-order valence-corrected chi connectivity index (χ1v) is 5.75. The van der Waals surface area contributed by atoms with Crippen LogP contribution in [0.5, 0.6) is 5.75 Å². The van der Waals surface area contributed by atoms with E-state index in [4.69, 9.17) is 9.84 Å². The standard InChI is InChI=1S/C13H15NO5/c1-3-10(13(15)16)6-7-19-12-5-4-11(14(17)18)8-9(12)2/h4-6,8H,3,7H2,1-2H3,(H,15,16)/b10-6-. The number of nitro benzene ring substituents is 1. The molecule has 1 N–H and O–H groups in total. The molecular weight excluding hydrogens is 250 g/mol. The Morgan fingerprint density at radius 3 is 2.68 bits per heavy atom. The van der Waals surface area contributed by atoms with Crippen LogP contribution in [-0.2, 0) is 4.79 Å². The second-order valence-corrected chi connectivity index (χ2v) is 3.91. The third-order valence-corrected chi connectivity index (χ3v) is 2.59. The number of hydrogen-bond donors (Lipinski definition) is 1. The molecule has 0 radical (unpaired) electrons. The maximum atomic E-state index is 10.8. The molecule has 0 heterocycles. The Balaban J connectivity index is 2.74. The number of aliphatic carboxylic acids is 1. The molecule has 0 unspecified atom stereocenters. The molecule has 19 heavy (non-hydrogen) atoms. The lowest BCUT2D eigenvalue weighted by atomic mass is 10.2. The quantitative estimate of drug-likeness (QED) is 0.485. The summed E-state index contributed by atoms with van der Waals surface area (Å²) in [6.45, 7) is 3.56. The molecule has 1 aromatic rings. The van der Waals surface area contributed by atoms with Crippen molar-refractivity contribution in [2.45, 2.75) is 20.3 Å². The SMILES string of the molecule is CC/C(=C/COc1ccc([N+](=O)[O-])cc1C)C(=O)O. The molecule has 0 aliphatic carbocycles. The van der Waals surface area contributed by atoms with E-state index in [9.17, 15) is 14.9 Å². The van der Waals surface area contributed by atoms with Gasteiger partial charge in [-0.25, -0.2) is 4.79 Å². The summed E-state index contributed by atoms with van der Waals surface area (Å²) < 4.78 is 5.39. The molecule has 0 fully saturated rings. The number of ether oxygens (including phenoxy) is 1. The average molecular weight is 265 g/mol. The molecule has 6 nitrogen and oxygen atoms in total. The number of nitro groups is 1. The number of non-ortho nitro benzene ring substituents is 1. The van der Waals surface area contributed by atoms with Gasteiger partial charge in [0.15, 0.2) is 0 Å². The number of aryl methyl sites for hydroxylation is 1. The number of nitrogens with zero attached hydrogens (tertiary/aromatic N) is 1. The smallest absolute Gasteiger partial charge is 0.331 e. The highest BCUT2D eigenvalue weighted by atomic mass is 16.6. The van der Waals surface area contributed by atoms with Crippen LogP contribution in [0.2, 0.25) is 0 Å². The van der Waals surface area contributed by atoms with Crippen molar-refractivity contribution >= 4 is 11.7 Å². The molecule has 0 aliphatic heterocycles. The molecule has 0 aliphatic rings. The fourth-order valence-corrected chi connectivity index (χ4v) is 1.52. The number of benzene rings is 1. The van der Waals surface area contributed by atoms with Crippen molar-refractivity contribution in [2.24, 2.45) is 0 Å². The Morgan fingerprint density at radius 2 is 2.21 bits per heavy atom. The summed E-state index contributed by atoms with van der Waals surface area (Å²) in [6.07, 6.45) is 1.90. The van der Waals surface area contributed by atoms with Crippen LogP contribution in [-0.4, -0.2) is 22.6 Å². The minimum atomic E-state index is -0.966. The van der Waals surface area contributed by atoms with E-state index in [1.165, 1.54) is 24.3 Å². The largest absolute Gasteiger partial charge is 0.489 e. The average Bonchev–Trinajstić information content (AvgIpc) is 2.35. The van der Waals surface area contributed by atoms with Crippen molar-refractivity contribution in [1.82, 2.24) is 0 Å². The third-order valence-electron chi connectivity index (χ3n) is 2.59. The van der Waals surface area contributed by atoms with Crippen LogP contribution in [0.1, 0.15) is 18.9 Å². The van der Waals surface area contributed by atoms with E-state index < -0.39 is 10.9 Å². The van der Waals surface area contributed by atoms with E-state index in [1.807, 2.05) is 0 Å². The molecule has 0 atom stereocenters. The number of rotatable bonds is 6. The van der Waals surface area contributed by atoms with Gasteiger partial charge in [0.1, 0.15) is 12.4 Å². The Bertz CT molecular complexity index is 522. The van der Waals surface area contributed by atoms with E-state index in [1.54, 1.807) is 13.8 Å². The van der Waals surface area contributed by atoms with Crippen molar-refractivity contribution in [1.29, 1.82) is 0 Å². The van der Waals surface area contributed by atoms with Gasteiger partial charge >= 0.3 is 5.97 Å². The van der Waals surface area contributed by atoms with Gasteiger partial charge in [-0.3, -0.25) is 10.1 Å². The van der Waals surface area contributed by atoms with Gasteiger partial charge in [0.2, 0.25) is 0 Å². The van der Waals surface area contributed by atoms with Crippen LogP contribution >= 0.6 is 0 Å². The summed E-state index contributed by atoms with van der Waals surface area (Å²) in [5, 5.41) is 19.4. The number of carboxylic acids is 1. The van der Waals surface area contributed by atoms with Gasteiger partial charge in [0.05, 0.1) is 4.92 Å². The molecule has 1 aromatic carbocycles. The molecule has 0 amide bonds. The zero-order valence-corrected chi connectivity index (χ0v) is 10.8. The van der Waals surface area contributed by atoms with Crippen molar-refractivity contribution in [3.63, 3.8) is 0 Å². The second kappa shape index (κ2) is 6.53. The summed E-state index contributed by atoms with van der Waals surface area (Å²) >= 11 is 0. The second-order valence-electron chi connectivity index (χ2n) is 3.91. The van der Waals surface area contributed by atoms with Gasteiger partial charge in [0.25, 0.3) is 5.69 Å². The van der Waals surface area contributed by atoms with Crippen LogP contribution in [0.15, 0.2) is 29.8 Å². The molecule has 0 aromatic heterocycles. The number of hydrogen-bond acceptors (Lipinski definition) is 4. The zero-order chi connectivity index (χ0) is 14.4. The van der Waals surface area contributed by atoms with Crippen molar-refractivity contribution < 1.29 is 19.6 Å². The topological polar surface area (TPSA) is 89.7 Å². The van der Waals surface area contributed by atoms with E-state index in [0.29, 0.717) is 17.7 Å². The summed E-state index contributed by atoms with van der Waals surface area (Å²) in [7, 11) is 0. The summed E-state index contributed by atoms with van der Waals surface area (Å²) in [5.74, 6) is -0.464. The van der Waals surface area contributed by atoms with E-state index in [-0.39, 0.29) is 17.9 Å². The summed E-state index contributed by atoms with van der Waals surface area (Å²) in [4.78, 5) is 20.9. The van der Waals surface area contributed by atoms with Crippen LogP contribution in [0.4, 0.5) is 5.69 Å². The van der Waals surface area contributed by atoms with Gasteiger partial charge in [-0.2, -0.15) is 0 Å². The molecular formula is C13H15NO5. The van der Waals surface area contributed by atoms with Crippen LogP contribution in [0, 0.1) is 17.0 Å². The molecule has 0 saturated heterocycles. The van der Waals surface area contributed by atoms with Crippen molar-refractivity contribution in [3.05, 3.63) is 45.5 Å². The third kappa shape index (κ3) is 4.09. The lowest BCUT2D eigenvalue weighted by molar-refractivity contribution is -0.384. The first-order valence-electron chi connectivity index (χ1n) is 5.75. The molecule has 6 heteroatoms. The van der Waals surface area contributed by atoms with E-state index in [0.717, 1.165) is 0 Å². The predicted molar refractivity (Wildman–Crippen MR) is 69.3 cm³/mol. The summed E-state index contributed by atoms with van der Waals surface area (Å²) in [5.41, 5.74) is 0.913. The molecule has 0 spiro atoms. The molecule has 1 rings (SSSR count). The van der Waals surface area contributed by atoms with Gasteiger partial charge in [-0.05, 0) is 31.1 Å². The number of carbonyl (C=O) groups is 1. The highest BCUT2D eigenvalue weighted by Gasteiger charge is 2.09. The zero-order valence-electron chi connectivity index (χ0n) is 10.8. The van der Waals surface area contributed by atoms with Gasteiger partial charge in [-0.15, -0.1) is 0 Å². The lowest BCUT2D eigenvalue weighted by Crippen LogP contribution is -2.03. The minimum absolute atomic E-state index is 0.000162.